The van der Waals surface area contributed by atoms with E-state index in [2.05, 4.69) is 13.8 Å². The number of halogens is 1. The predicted octanol–water partition coefficient (Wildman–Crippen LogP) is 7.26. The van der Waals surface area contributed by atoms with Crippen LogP contribution in [-0.2, 0) is 15.5 Å². The van der Waals surface area contributed by atoms with Crippen molar-refractivity contribution in [2.45, 2.75) is 102 Å². The third-order valence-electron chi connectivity index (χ3n) is 4.85. The summed E-state index contributed by atoms with van der Waals surface area (Å²) >= 11 is 0. The van der Waals surface area contributed by atoms with Crippen LogP contribution in [0.15, 0.2) is 23.1 Å². The van der Waals surface area contributed by atoms with Crippen LogP contribution in [0.1, 0.15) is 96.5 Å². The van der Waals surface area contributed by atoms with E-state index in [1.54, 1.807) is 12.1 Å². The molecule has 0 saturated heterocycles. The van der Waals surface area contributed by atoms with Crippen LogP contribution in [0.5, 0.6) is 5.75 Å². The zero-order valence-electron chi connectivity index (χ0n) is 17.1. The fraction of sp³-hybridized carbons (Fsp3) is 0.727. The second kappa shape index (κ2) is 14.3. The molecule has 1 aromatic carbocycles. The van der Waals surface area contributed by atoms with Crippen molar-refractivity contribution in [3.05, 3.63) is 23.8 Å². The number of ether oxygens (including phenoxy) is 1. The minimum Gasteiger partial charge on any atom is -0.492 e. The molecule has 1 rings (SSSR count). The molecular weight excluding hydrogens is 380 g/mol. The number of benzene rings is 1. The van der Waals surface area contributed by atoms with E-state index in [1.165, 1.54) is 57.8 Å². The molecule has 156 valence electrons. The van der Waals surface area contributed by atoms with Gasteiger partial charge in [-0.15, -0.1) is 0 Å². The molecule has 0 aromatic heterocycles. The van der Waals surface area contributed by atoms with Gasteiger partial charge in [0.2, 0.25) is 0 Å². The third kappa shape index (κ3) is 11.0. The highest BCUT2D eigenvalue weighted by Crippen LogP contribution is 2.29. The van der Waals surface area contributed by atoms with Crippen LogP contribution >= 0.6 is 10.7 Å². The monoisotopic (exact) mass is 416 g/mol. The molecule has 0 N–H and O–H groups in total. The highest BCUT2D eigenvalue weighted by atomic mass is 35.7. The zero-order chi connectivity index (χ0) is 20.0. The molecule has 1 aromatic rings. The molecule has 27 heavy (non-hydrogen) atoms. The van der Waals surface area contributed by atoms with Crippen molar-refractivity contribution >= 4 is 19.7 Å². The highest BCUT2D eigenvalue weighted by Gasteiger charge is 2.17. The summed E-state index contributed by atoms with van der Waals surface area (Å²) in [6, 6.07) is 5.41. The van der Waals surface area contributed by atoms with Gasteiger partial charge in [-0.2, -0.15) is 0 Å². The highest BCUT2D eigenvalue weighted by molar-refractivity contribution is 8.13. The van der Waals surface area contributed by atoms with Crippen molar-refractivity contribution in [3.8, 4) is 5.75 Å². The molecule has 0 atom stereocenters. The number of hydrogen-bond acceptors (Lipinski definition) is 3. The fourth-order valence-corrected chi connectivity index (χ4v) is 4.21. The molecule has 0 aliphatic carbocycles. The Morgan fingerprint density at radius 2 is 1.37 bits per heavy atom. The summed E-state index contributed by atoms with van der Waals surface area (Å²) in [5.41, 5.74) is 1.01. The summed E-state index contributed by atoms with van der Waals surface area (Å²) in [7, 11) is 1.84. The van der Waals surface area contributed by atoms with Gasteiger partial charge < -0.3 is 4.74 Å². The Labute approximate surface area is 171 Å². The van der Waals surface area contributed by atoms with Crippen LogP contribution in [-0.4, -0.2) is 15.0 Å². The van der Waals surface area contributed by atoms with Crippen molar-refractivity contribution in [3.63, 3.8) is 0 Å². The van der Waals surface area contributed by atoms with E-state index in [9.17, 15) is 8.42 Å². The molecule has 5 heteroatoms. The summed E-state index contributed by atoms with van der Waals surface area (Å²) in [6.45, 7) is 4.94. The molecule has 0 unspecified atom stereocenters. The summed E-state index contributed by atoms with van der Waals surface area (Å²) in [6.07, 6.45) is 15.2. The molecule has 0 fully saturated rings. The van der Waals surface area contributed by atoms with E-state index in [0.29, 0.717) is 12.4 Å². The van der Waals surface area contributed by atoms with Gasteiger partial charge in [-0.3, -0.25) is 0 Å². The van der Waals surface area contributed by atoms with Gasteiger partial charge in [-0.1, -0.05) is 84.1 Å². The second-order valence-corrected chi connectivity index (χ2v) is 9.89. The normalized spacial score (nSPS) is 11.7. The van der Waals surface area contributed by atoms with Gasteiger partial charge >= 0.3 is 0 Å². The standard InChI is InChI=1S/C22H37ClO3S/c1-3-5-7-9-11-13-15-20-16-17-21(22(19-20)27(23,24)25)26-18-14-12-10-8-6-4-2/h16-17,19H,3-15,18H2,1-2H3. The van der Waals surface area contributed by atoms with Gasteiger partial charge in [-0.05, 0) is 37.0 Å². The number of aryl methyl sites for hydroxylation is 1. The fourth-order valence-electron chi connectivity index (χ4n) is 3.19. The Morgan fingerprint density at radius 1 is 0.815 bits per heavy atom. The lowest BCUT2D eigenvalue weighted by molar-refractivity contribution is 0.297. The van der Waals surface area contributed by atoms with E-state index in [0.717, 1.165) is 31.2 Å². The third-order valence-corrected chi connectivity index (χ3v) is 6.19. The maximum atomic E-state index is 11.9. The summed E-state index contributed by atoms with van der Waals surface area (Å²) < 4.78 is 29.6. The Balaban J connectivity index is 2.50. The van der Waals surface area contributed by atoms with E-state index >= 15 is 0 Å². The van der Waals surface area contributed by atoms with Crippen LogP contribution in [0.3, 0.4) is 0 Å². The van der Waals surface area contributed by atoms with Crippen LogP contribution in [0, 0.1) is 0 Å². The molecule has 0 radical (unpaired) electrons. The first-order chi connectivity index (χ1) is 13.0. The average Bonchev–Trinajstić information content (AvgIpc) is 2.63. The van der Waals surface area contributed by atoms with Gasteiger partial charge in [0, 0.05) is 10.7 Å². The molecule has 0 saturated carbocycles. The topological polar surface area (TPSA) is 43.4 Å². The van der Waals surface area contributed by atoms with E-state index < -0.39 is 9.05 Å². The molecule has 0 aliphatic rings. The summed E-state index contributed by atoms with van der Waals surface area (Å²) in [5.74, 6) is 0.380. The van der Waals surface area contributed by atoms with Crippen molar-refractivity contribution in [2.24, 2.45) is 0 Å². The molecule has 0 spiro atoms. The summed E-state index contributed by atoms with van der Waals surface area (Å²) in [4.78, 5) is 0.110. The maximum Gasteiger partial charge on any atom is 0.264 e. The van der Waals surface area contributed by atoms with Crippen molar-refractivity contribution in [2.75, 3.05) is 6.61 Å². The first kappa shape index (κ1) is 24.3. The van der Waals surface area contributed by atoms with E-state index in [1.807, 2.05) is 6.07 Å². The van der Waals surface area contributed by atoms with Crippen LogP contribution < -0.4 is 4.74 Å². The Bertz CT molecular complexity index is 614. The molecule has 0 bridgehead atoms. The van der Waals surface area contributed by atoms with E-state index in [-0.39, 0.29) is 4.90 Å². The van der Waals surface area contributed by atoms with Crippen LogP contribution in [0.2, 0.25) is 0 Å². The Hall–Kier alpha value is -0.740. The Morgan fingerprint density at radius 3 is 1.96 bits per heavy atom. The molecule has 0 amide bonds. The Kier molecular flexibility index (Phi) is 12.9. The molecular formula is C22H37ClO3S. The number of unbranched alkanes of at least 4 members (excludes halogenated alkanes) is 10. The number of hydrogen-bond donors (Lipinski definition) is 0. The van der Waals surface area contributed by atoms with Crippen LogP contribution in [0.4, 0.5) is 0 Å². The minimum atomic E-state index is -3.81. The lowest BCUT2D eigenvalue weighted by Gasteiger charge is -2.11. The van der Waals surface area contributed by atoms with Gasteiger partial charge in [0.15, 0.2) is 0 Å². The molecule has 0 aliphatic heterocycles. The largest absolute Gasteiger partial charge is 0.492 e. The maximum absolute atomic E-state index is 11.9. The minimum absolute atomic E-state index is 0.110. The van der Waals surface area contributed by atoms with Gasteiger partial charge in [0.05, 0.1) is 6.61 Å². The zero-order valence-corrected chi connectivity index (χ0v) is 18.7. The smallest absolute Gasteiger partial charge is 0.264 e. The SMILES string of the molecule is CCCCCCCCOc1ccc(CCCCCCCC)cc1S(=O)(=O)Cl. The van der Waals surface area contributed by atoms with E-state index in [4.69, 9.17) is 15.4 Å². The lowest BCUT2D eigenvalue weighted by Crippen LogP contribution is -2.03. The summed E-state index contributed by atoms with van der Waals surface area (Å²) in [5, 5.41) is 0. The van der Waals surface area contributed by atoms with Gasteiger partial charge in [-0.25, -0.2) is 8.42 Å². The van der Waals surface area contributed by atoms with Gasteiger partial charge in [0.1, 0.15) is 10.6 Å². The second-order valence-electron chi connectivity index (χ2n) is 7.35. The lowest BCUT2D eigenvalue weighted by atomic mass is 10.0. The average molecular weight is 417 g/mol. The molecule has 0 heterocycles. The quantitative estimate of drug-likeness (QED) is 0.210. The molecule has 3 nitrogen and oxygen atoms in total. The van der Waals surface area contributed by atoms with Crippen molar-refractivity contribution in [1.29, 1.82) is 0 Å². The van der Waals surface area contributed by atoms with Crippen molar-refractivity contribution < 1.29 is 13.2 Å². The first-order valence-electron chi connectivity index (χ1n) is 10.7. The van der Waals surface area contributed by atoms with Crippen molar-refractivity contribution in [1.82, 2.24) is 0 Å². The van der Waals surface area contributed by atoms with Gasteiger partial charge in [0.25, 0.3) is 9.05 Å². The first-order valence-corrected chi connectivity index (χ1v) is 13.0. The van der Waals surface area contributed by atoms with Crippen LogP contribution in [0.25, 0.3) is 0 Å². The predicted molar refractivity (Wildman–Crippen MR) is 115 cm³/mol. The number of rotatable bonds is 16.